The molecule has 1 aliphatic heterocycles. The van der Waals surface area contributed by atoms with Crippen molar-refractivity contribution in [1.82, 2.24) is 4.98 Å². The van der Waals surface area contributed by atoms with Crippen molar-refractivity contribution in [1.29, 1.82) is 0 Å². The molecule has 1 aromatic rings. The second kappa shape index (κ2) is 5.10. The second-order valence-corrected chi connectivity index (χ2v) is 4.27. The highest BCUT2D eigenvalue weighted by atomic mass is 16.1. The standard InChI is InChI=1S/C13H18N2O/c1-2-12(16)11-6-9-15(10-7-11)13-5-3-4-8-14-13/h3-5,8,11H,2,6-7,9-10H2,1H3. The Balaban J connectivity index is 1.93. The van der Waals surface area contributed by atoms with Crippen molar-refractivity contribution >= 4 is 11.6 Å². The van der Waals surface area contributed by atoms with Gasteiger partial charge in [-0.1, -0.05) is 13.0 Å². The van der Waals surface area contributed by atoms with Crippen LogP contribution < -0.4 is 4.90 Å². The summed E-state index contributed by atoms with van der Waals surface area (Å²) in [4.78, 5) is 18.2. The Morgan fingerprint density at radius 2 is 2.19 bits per heavy atom. The van der Waals surface area contributed by atoms with Gasteiger partial charge in [-0.05, 0) is 25.0 Å². The van der Waals surface area contributed by atoms with Gasteiger partial charge in [-0.3, -0.25) is 4.79 Å². The van der Waals surface area contributed by atoms with Gasteiger partial charge < -0.3 is 4.90 Å². The summed E-state index contributed by atoms with van der Waals surface area (Å²) in [6.45, 7) is 3.86. The zero-order valence-electron chi connectivity index (χ0n) is 9.72. The van der Waals surface area contributed by atoms with Crippen LogP contribution in [0.5, 0.6) is 0 Å². The van der Waals surface area contributed by atoms with E-state index in [4.69, 9.17) is 0 Å². The van der Waals surface area contributed by atoms with E-state index < -0.39 is 0 Å². The van der Waals surface area contributed by atoms with E-state index in [1.807, 2.05) is 31.3 Å². The maximum absolute atomic E-state index is 11.6. The fraction of sp³-hybridized carbons (Fsp3) is 0.538. The van der Waals surface area contributed by atoms with Gasteiger partial charge >= 0.3 is 0 Å². The quantitative estimate of drug-likeness (QED) is 0.780. The summed E-state index contributed by atoms with van der Waals surface area (Å²) in [5.74, 6) is 1.73. The van der Waals surface area contributed by atoms with Gasteiger partial charge in [0.05, 0.1) is 0 Å². The van der Waals surface area contributed by atoms with Crippen molar-refractivity contribution < 1.29 is 4.79 Å². The molecule has 0 spiro atoms. The molecule has 0 unspecified atom stereocenters. The average molecular weight is 218 g/mol. The van der Waals surface area contributed by atoms with Gasteiger partial charge in [-0.25, -0.2) is 4.98 Å². The highest BCUT2D eigenvalue weighted by Crippen LogP contribution is 2.22. The van der Waals surface area contributed by atoms with Crippen LogP contribution in [-0.4, -0.2) is 23.9 Å². The fourth-order valence-corrected chi connectivity index (χ4v) is 2.26. The van der Waals surface area contributed by atoms with Crippen LogP contribution in [0.4, 0.5) is 5.82 Å². The van der Waals surface area contributed by atoms with Crippen LogP contribution >= 0.6 is 0 Å². The monoisotopic (exact) mass is 218 g/mol. The van der Waals surface area contributed by atoms with Gasteiger partial charge in [0.25, 0.3) is 0 Å². The lowest BCUT2D eigenvalue weighted by atomic mass is 9.91. The second-order valence-electron chi connectivity index (χ2n) is 4.27. The predicted molar refractivity (Wildman–Crippen MR) is 64.5 cm³/mol. The molecule has 0 N–H and O–H groups in total. The van der Waals surface area contributed by atoms with Crippen LogP contribution in [0.15, 0.2) is 24.4 Å². The van der Waals surface area contributed by atoms with Crippen LogP contribution in [0.1, 0.15) is 26.2 Å². The largest absolute Gasteiger partial charge is 0.357 e. The lowest BCUT2D eigenvalue weighted by Crippen LogP contribution is -2.36. The number of rotatable bonds is 3. The Morgan fingerprint density at radius 3 is 2.75 bits per heavy atom. The van der Waals surface area contributed by atoms with E-state index in [1.54, 1.807) is 0 Å². The van der Waals surface area contributed by atoms with E-state index in [0.29, 0.717) is 12.2 Å². The van der Waals surface area contributed by atoms with Crippen LogP contribution in [0, 0.1) is 5.92 Å². The Bertz CT molecular complexity index is 342. The Morgan fingerprint density at radius 1 is 1.44 bits per heavy atom. The number of pyridine rings is 1. The van der Waals surface area contributed by atoms with Crippen molar-refractivity contribution in [3.05, 3.63) is 24.4 Å². The smallest absolute Gasteiger partial charge is 0.135 e. The third-order valence-electron chi connectivity index (χ3n) is 3.27. The molecule has 0 amide bonds. The molecule has 2 heterocycles. The highest BCUT2D eigenvalue weighted by Gasteiger charge is 2.23. The van der Waals surface area contributed by atoms with Gasteiger partial charge in [-0.15, -0.1) is 0 Å². The number of aromatic nitrogens is 1. The molecule has 0 aliphatic carbocycles. The lowest BCUT2D eigenvalue weighted by Gasteiger charge is -2.31. The molecule has 1 fully saturated rings. The zero-order valence-corrected chi connectivity index (χ0v) is 9.72. The summed E-state index contributed by atoms with van der Waals surface area (Å²) < 4.78 is 0. The SMILES string of the molecule is CCC(=O)C1CCN(c2ccccn2)CC1. The summed E-state index contributed by atoms with van der Waals surface area (Å²) in [5.41, 5.74) is 0. The van der Waals surface area contributed by atoms with Crippen molar-refractivity contribution in [3.63, 3.8) is 0 Å². The van der Waals surface area contributed by atoms with Crippen LogP contribution in [0.2, 0.25) is 0 Å². The molecule has 0 atom stereocenters. The number of piperidine rings is 1. The summed E-state index contributed by atoms with van der Waals surface area (Å²) in [5, 5.41) is 0. The number of ketones is 1. The van der Waals surface area contributed by atoms with Gasteiger partial charge in [0.2, 0.25) is 0 Å². The Kier molecular flexibility index (Phi) is 3.54. The first-order chi connectivity index (χ1) is 7.81. The van der Waals surface area contributed by atoms with Crippen LogP contribution in [-0.2, 0) is 4.79 Å². The van der Waals surface area contributed by atoms with Gasteiger partial charge in [0, 0.05) is 31.6 Å². The van der Waals surface area contributed by atoms with Crippen molar-refractivity contribution in [2.75, 3.05) is 18.0 Å². The first kappa shape index (κ1) is 11.1. The Hall–Kier alpha value is -1.38. The molecular formula is C13H18N2O. The molecule has 1 aliphatic rings. The first-order valence-corrected chi connectivity index (χ1v) is 6.00. The van der Waals surface area contributed by atoms with E-state index in [0.717, 1.165) is 31.7 Å². The summed E-state index contributed by atoms with van der Waals surface area (Å²) in [7, 11) is 0. The number of nitrogens with zero attached hydrogens (tertiary/aromatic N) is 2. The van der Waals surface area contributed by atoms with Gasteiger partial charge in [0.15, 0.2) is 0 Å². The average Bonchev–Trinajstić information content (AvgIpc) is 2.39. The van der Waals surface area contributed by atoms with E-state index in [2.05, 4.69) is 9.88 Å². The summed E-state index contributed by atoms with van der Waals surface area (Å²) in [6, 6.07) is 5.96. The number of anilines is 1. The van der Waals surface area contributed by atoms with E-state index in [1.165, 1.54) is 0 Å². The minimum atomic E-state index is 0.282. The lowest BCUT2D eigenvalue weighted by molar-refractivity contribution is -0.123. The predicted octanol–water partition coefficient (Wildman–Crippen LogP) is 2.28. The first-order valence-electron chi connectivity index (χ1n) is 6.00. The van der Waals surface area contributed by atoms with E-state index >= 15 is 0 Å². The maximum atomic E-state index is 11.6. The molecule has 3 heteroatoms. The molecule has 0 radical (unpaired) electrons. The summed E-state index contributed by atoms with van der Waals surface area (Å²) in [6.07, 6.45) is 4.44. The van der Waals surface area contributed by atoms with Crippen molar-refractivity contribution in [2.45, 2.75) is 26.2 Å². The van der Waals surface area contributed by atoms with E-state index in [9.17, 15) is 4.79 Å². The number of hydrogen-bond donors (Lipinski definition) is 0. The molecular weight excluding hydrogens is 200 g/mol. The number of carbonyl (C=O) groups excluding carboxylic acids is 1. The molecule has 3 nitrogen and oxygen atoms in total. The number of hydrogen-bond acceptors (Lipinski definition) is 3. The molecule has 2 rings (SSSR count). The molecule has 0 aromatic carbocycles. The minimum Gasteiger partial charge on any atom is -0.357 e. The Labute approximate surface area is 96.5 Å². The molecule has 0 saturated carbocycles. The summed E-state index contributed by atoms with van der Waals surface area (Å²) >= 11 is 0. The highest BCUT2D eigenvalue weighted by molar-refractivity contribution is 5.80. The molecule has 86 valence electrons. The normalized spacial score (nSPS) is 17.4. The molecule has 16 heavy (non-hydrogen) atoms. The maximum Gasteiger partial charge on any atom is 0.135 e. The van der Waals surface area contributed by atoms with Crippen molar-refractivity contribution in [2.24, 2.45) is 5.92 Å². The van der Waals surface area contributed by atoms with Gasteiger partial charge in [0.1, 0.15) is 11.6 Å². The topological polar surface area (TPSA) is 33.2 Å². The van der Waals surface area contributed by atoms with Crippen LogP contribution in [0.25, 0.3) is 0 Å². The number of carbonyl (C=O) groups is 1. The minimum absolute atomic E-state index is 0.282. The third kappa shape index (κ3) is 2.40. The zero-order chi connectivity index (χ0) is 11.4. The van der Waals surface area contributed by atoms with Crippen LogP contribution in [0.3, 0.4) is 0 Å². The third-order valence-corrected chi connectivity index (χ3v) is 3.27. The van der Waals surface area contributed by atoms with Gasteiger partial charge in [-0.2, -0.15) is 0 Å². The number of Topliss-reactive ketones (excluding diaryl/α,β-unsaturated/α-hetero) is 1. The molecule has 1 aromatic heterocycles. The fourth-order valence-electron chi connectivity index (χ4n) is 2.26. The molecule has 1 saturated heterocycles. The van der Waals surface area contributed by atoms with E-state index in [-0.39, 0.29) is 5.92 Å². The van der Waals surface area contributed by atoms with Crippen molar-refractivity contribution in [3.8, 4) is 0 Å². The molecule has 0 bridgehead atoms.